The number of nitrogens with one attached hydrogen (secondary N) is 1. The molecule has 0 unspecified atom stereocenters. The Morgan fingerprint density at radius 1 is 1.47 bits per heavy atom. The van der Waals surface area contributed by atoms with E-state index in [2.05, 4.69) is 15.4 Å². The second-order valence-corrected chi connectivity index (χ2v) is 4.83. The predicted molar refractivity (Wildman–Crippen MR) is 72.3 cm³/mol. The molecule has 1 aliphatic rings. The summed E-state index contributed by atoms with van der Waals surface area (Å²) in [4.78, 5) is 4.37. The summed E-state index contributed by atoms with van der Waals surface area (Å²) in [5.74, 6) is 0. The van der Waals surface area contributed by atoms with Gasteiger partial charge in [-0.3, -0.25) is 4.68 Å². The van der Waals surface area contributed by atoms with Crippen LogP contribution >= 0.6 is 0 Å². The number of ether oxygens (including phenoxy) is 2. The third kappa shape index (κ3) is 2.06. The number of rotatable bonds is 3. The van der Waals surface area contributed by atoms with E-state index in [1.807, 2.05) is 20.0 Å². The molecule has 102 valence electrons. The summed E-state index contributed by atoms with van der Waals surface area (Å²) in [6, 6.07) is 2.14. The molecule has 19 heavy (non-hydrogen) atoms. The van der Waals surface area contributed by atoms with Crippen molar-refractivity contribution in [2.75, 3.05) is 25.6 Å². The molecule has 0 saturated carbocycles. The first kappa shape index (κ1) is 12.4. The van der Waals surface area contributed by atoms with Crippen molar-refractivity contribution in [2.24, 2.45) is 7.05 Å². The lowest BCUT2D eigenvalue weighted by atomic mass is 10.1. The van der Waals surface area contributed by atoms with Crippen molar-refractivity contribution >= 4 is 16.7 Å². The van der Waals surface area contributed by atoms with Gasteiger partial charge in [0.2, 0.25) is 0 Å². The number of fused-ring (bicyclic) bond motifs is 1. The summed E-state index contributed by atoms with van der Waals surface area (Å²) in [6.07, 6.45) is 1.88. The van der Waals surface area contributed by atoms with Gasteiger partial charge in [-0.2, -0.15) is 5.10 Å². The van der Waals surface area contributed by atoms with Gasteiger partial charge in [0.05, 0.1) is 30.3 Å². The highest BCUT2D eigenvalue weighted by atomic mass is 16.5. The van der Waals surface area contributed by atoms with Gasteiger partial charge in [-0.05, 0) is 13.0 Å². The molecule has 1 saturated heterocycles. The van der Waals surface area contributed by atoms with Crippen LogP contribution in [0.25, 0.3) is 11.0 Å². The van der Waals surface area contributed by atoms with E-state index < -0.39 is 0 Å². The Hall–Kier alpha value is -1.66. The molecule has 3 heterocycles. The number of methoxy groups -OCH3 is 1. The smallest absolute Gasteiger partial charge is 0.159 e. The summed E-state index contributed by atoms with van der Waals surface area (Å²) in [6.45, 7) is 3.28. The van der Waals surface area contributed by atoms with Gasteiger partial charge in [-0.15, -0.1) is 0 Å². The second kappa shape index (κ2) is 4.79. The van der Waals surface area contributed by atoms with Crippen LogP contribution in [0.4, 0.5) is 5.69 Å². The molecule has 0 aliphatic carbocycles. The SMILES string of the molecule is CO[C@H]1COC[C@H]1Nc1ccnc2c1c(C)nn2C. The van der Waals surface area contributed by atoms with Gasteiger partial charge in [-0.1, -0.05) is 0 Å². The Kier molecular flexibility index (Phi) is 3.12. The number of anilines is 1. The fourth-order valence-electron chi connectivity index (χ4n) is 2.60. The van der Waals surface area contributed by atoms with Crippen LogP contribution in [-0.4, -0.2) is 47.2 Å². The number of pyridine rings is 1. The molecule has 0 spiro atoms. The van der Waals surface area contributed by atoms with Crippen LogP contribution in [0, 0.1) is 6.92 Å². The average Bonchev–Trinajstić information content (AvgIpc) is 2.96. The standard InChI is InChI=1S/C13H18N4O2/c1-8-12-9(4-5-14-13(12)17(2)16-8)15-10-6-19-7-11(10)18-3/h4-5,10-11H,6-7H2,1-3H3,(H,14,15)/t10-,11+/m1/s1. The van der Waals surface area contributed by atoms with Gasteiger partial charge in [0, 0.05) is 26.0 Å². The molecule has 1 aliphatic heterocycles. The maximum absolute atomic E-state index is 5.46. The highest BCUT2D eigenvalue weighted by Gasteiger charge is 2.28. The van der Waals surface area contributed by atoms with Gasteiger partial charge < -0.3 is 14.8 Å². The van der Waals surface area contributed by atoms with Crippen LogP contribution in [-0.2, 0) is 16.5 Å². The lowest BCUT2D eigenvalue weighted by molar-refractivity contribution is 0.0795. The molecule has 3 rings (SSSR count). The topological polar surface area (TPSA) is 61.2 Å². The average molecular weight is 262 g/mol. The van der Waals surface area contributed by atoms with Crippen molar-refractivity contribution in [3.05, 3.63) is 18.0 Å². The molecule has 0 bridgehead atoms. The van der Waals surface area contributed by atoms with Crippen molar-refractivity contribution in [1.82, 2.24) is 14.8 Å². The normalized spacial score (nSPS) is 23.1. The zero-order chi connectivity index (χ0) is 13.4. The number of nitrogens with zero attached hydrogens (tertiary/aromatic N) is 3. The van der Waals surface area contributed by atoms with Gasteiger partial charge in [0.25, 0.3) is 0 Å². The molecule has 1 fully saturated rings. The Labute approximate surface area is 111 Å². The fraction of sp³-hybridized carbons (Fsp3) is 0.538. The molecule has 2 atom stereocenters. The quantitative estimate of drug-likeness (QED) is 0.897. The number of hydrogen-bond donors (Lipinski definition) is 1. The lowest BCUT2D eigenvalue weighted by Gasteiger charge is -2.19. The van der Waals surface area contributed by atoms with E-state index in [0.29, 0.717) is 13.2 Å². The van der Waals surface area contributed by atoms with Crippen LogP contribution in [0.3, 0.4) is 0 Å². The van der Waals surface area contributed by atoms with E-state index in [9.17, 15) is 0 Å². The van der Waals surface area contributed by atoms with Crippen LogP contribution in [0.1, 0.15) is 5.69 Å². The highest BCUT2D eigenvalue weighted by Crippen LogP contribution is 2.26. The van der Waals surface area contributed by atoms with E-state index in [1.165, 1.54) is 0 Å². The Morgan fingerprint density at radius 2 is 2.32 bits per heavy atom. The van der Waals surface area contributed by atoms with E-state index in [1.54, 1.807) is 18.0 Å². The van der Waals surface area contributed by atoms with Crippen LogP contribution < -0.4 is 5.32 Å². The molecule has 6 nitrogen and oxygen atoms in total. The molecule has 0 amide bonds. The fourth-order valence-corrected chi connectivity index (χ4v) is 2.60. The van der Waals surface area contributed by atoms with Crippen molar-refractivity contribution in [1.29, 1.82) is 0 Å². The summed E-state index contributed by atoms with van der Waals surface area (Å²) in [5, 5.41) is 8.97. The van der Waals surface area contributed by atoms with Gasteiger partial charge >= 0.3 is 0 Å². The molecule has 1 N–H and O–H groups in total. The summed E-state index contributed by atoms with van der Waals surface area (Å²) < 4.78 is 12.7. The summed E-state index contributed by atoms with van der Waals surface area (Å²) in [7, 11) is 3.62. The minimum Gasteiger partial charge on any atom is -0.377 e. The van der Waals surface area contributed by atoms with E-state index in [0.717, 1.165) is 22.4 Å². The minimum absolute atomic E-state index is 0.0835. The predicted octanol–water partition coefficient (Wildman–Crippen LogP) is 1.10. The lowest BCUT2D eigenvalue weighted by Crippen LogP contribution is -2.33. The second-order valence-electron chi connectivity index (χ2n) is 4.83. The Balaban J connectivity index is 1.97. The monoisotopic (exact) mass is 262 g/mol. The van der Waals surface area contributed by atoms with E-state index >= 15 is 0 Å². The number of aryl methyl sites for hydroxylation is 2. The van der Waals surface area contributed by atoms with Crippen LogP contribution in [0.2, 0.25) is 0 Å². The molecular weight excluding hydrogens is 244 g/mol. The third-order valence-corrected chi connectivity index (χ3v) is 3.57. The Bertz CT molecular complexity index is 596. The van der Waals surface area contributed by atoms with Gasteiger partial charge in [0.1, 0.15) is 6.10 Å². The first-order valence-electron chi connectivity index (χ1n) is 6.36. The Morgan fingerprint density at radius 3 is 3.11 bits per heavy atom. The van der Waals surface area contributed by atoms with Crippen LogP contribution in [0.15, 0.2) is 12.3 Å². The van der Waals surface area contributed by atoms with E-state index in [4.69, 9.17) is 9.47 Å². The first-order valence-corrected chi connectivity index (χ1v) is 6.36. The van der Waals surface area contributed by atoms with Gasteiger partial charge in [-0.25, -0.2) is 4.98 Å². The maximum Gasteiger partial charge on any atom is 0.159 e. The van der Waals surface area contributed by atoms with Crippen molar-refractivity contribution in [2.45, 2.75) is 19.1 Å². The van der Waals surface area contributed by atoms with Crippen molar-refractivity contribution in [3.8, 4) is 0 Å². The van der Waals surface area contributed by atoms with Crippen LogP contribution in [0.5, 0.6) is 0 Å². The maximum atomic E-state index is 5.46. The molecule has 2 aromatic heterocycles. The number of aromatic nitrogens is 3. The summed E-state index contributed by atoms with van der Waals surface area (Å²) in [5.41, 5.74) is 2.89. The largest absolute Gasteiger partial charge is 0.377 e. The molecule has 0 aromatic carbocycles. The third-order valence-electron chi connectivity index (χ3n) is 3.57. The van der Waals surface area contributed by atoms with Crippen molar-refractivity contribution in [3.63, 3.8) is 0 Å². The van der Waals surface area contributed by atoms with Crippen molar-refractivity contribution < 1.29 is 9.47 Å². The highest BCUT2D eigenvalue weighted by molar-refractivity contribution is 5.91. The zero-order valence-corrected chi connectivity index (χ0v) is 11.4. The first-order chi connectivity index (χ1) is 9.20. The van der Waals surface area contributed by atoms with Gasteiger partial charge in [0.15, 0.2) is 5.65 Å². The molecule has 2 aromatic rings. The molecular formula is C13H18N4O2. The molecule has 6 heteroatoms. The summed E-state index contributed by atoms with van der Waals surface area (Å²) >= 11 is 0. The zero-order valence-electron chi connectivity index (χ0n) is 11.4. The van der Waals surface area contributed by atoms with E-state index in [-0.39, 0.29) is 12.1 Å². The minimum atomic E-state index is 0.0835. The molecule has 0 radical (unpaired) electrons. The number of hydrogen-bond acceptors (Lipinski definition) is 5.